The van der Waals surface area contributed by atoms with Crippen LogP contribution in [0.4, 0.5) is 11.4 Å². The number of fused-ring (bicyclic) bond motifs is 3. The first kappa shape index (κ1) is 20.0. The van der Waals surface area contributed by atoms with Gasteiger partial charge in [-0.2, -0.15) is 5.10 Å². The summed E-state index contributed by atoms with van der Waals surface area (Å²) in [7, 11) is 0. The molecule has 1 saturated carbocycles. The normalized spacial score (nSPS) is 24.7. The third kappa shape index (κ3) is 3.13. The fourth-order valence-corrected chi connectivity index (χ4v) is 5.44. The Morgan fingerprint density at radius 3 is 2.94 bits per heavy atom. The van der Waals surface area contributed by atoms with E-state index in [1.54, 1.807) is 23.0 Å². The maximum Gasteiger partial charge on any atom is 0.261 e. The number of anilines is 2. The molecule has 2 aromatic heterocycles. The van der Waals surface area contributed by atoms with Gasteiger partial charge in [0.05, 0.1) is 23.0 Å². The molecule has 0 radical (unpaired) electrons. The van der Waals surface area contributed by atoms with Gasteiger partial charge in [-0.15, -0.1) is 0 Å². The lowest BCUT2D eigenvalue weighted by Crippen LogP contribution is -2.40. The van der Waals surface area contributed by atoms with E-state index < -0.39 is 0 Å². The molecular weight excluding hydrogens is 420 g/mol. The Balaban J connectivity index is 1.35. The Bertz CT molecular complexity index is 1310. The monoisotopic (exact) mass is 446 g/mol. The van der Waals surface area contributed by atoms with Gasteiger partial charge in [-0.05, 0) is 44.7 Å². The summed E-state index contributed by atoms with van der Waals surface area (Å²) in [5.74, 6) is 0.633. The Hall–Kier alpha value is -3.62. The van der Waals surface area contributed by atoms with E-state index in [1.165, 1.54) is 6.20 Å². The predicted octanol–water partition coefficient (Wildman–Crippen LogP) is 2.40. The molecule has 0 spiro atoms. The molecule has 1 aliphatic carbocycles. The summed E-state index contributed by atoms with van der Waals surface area (Å²) in [5, 5.41) is 7.33. The zero-order valence-corrected chi connectivity index (χ0v) is 18.7. The highest BCUT2D eigenvalue weighted by molar-refractivity contribution is 6.09. The van der Waals surface area contributed by atoms with E-state index in [0.29, 0.717) is 17.8 Å². The zero-order chi connectivity index (χ0) is 23.0. The van der Waals surface area contributed by atoms with Crippen molar-refractivity contribution in [1.29, 1.82) is 0 Å². The van der Waals surface area contributed by atoms with Crippen molar-refractivity contribution in [3.63, 3.8) is 0 Å². The lowest BCUT2D eigenvalue weighted by atomic mass is 9.93. The smallest absolute Gasteiger partial charge is 0.261 e. The van der Waals surface area contributed by atoms with Gasteiger partial charge < -0.3 is 20.7 Å². The van der Waals surface area contributed by atoms with Crippen LogP contribution in [-0.4, -0.2) is 45.1 Å². The second kappa shape index (κ2) is 6.69. The lowest BCUT2D eigenvalue weighted by molar-refractivity contribution is -0.124. The Morgan fingerprint density at radius 1 is 1.30 bits per heavy atom. The van der Waals surface area contributed by atoms with Crippen LogP contribution in [0.5, 0.6) is 5.75 Å². The van der Waals surface area contributed by atoms with Crippen molar-refractivity contribution in [1.82, 2.24) is 14.6 Å². The second-order valence-electron chi connectivity index (χ2n) is 10.0. The summed E-state index contributed by atoms with van der Waals surface area (Å²) in [5.41, 5.74) is 8.63. The maximum absolute atomic E-state index is 13.2. The molecule has 3 N–H and O–H groups in total. The molecule has 1 aromatic carbocycles. The minimum absolute atomic E-state index is 0.194. The fraction of sp³-hybridized carbons (Fsp3) is 0.417. The molecule has 0 bridgehead atoms. The van der Waals surface area contributed by atoms with E-state index in [2.05, 4.69) is 34.1 Å². The molecule has 2 atom stereocenters. The number of ether oxygens (including phenoxy) is 1. The van der Waals surface area contributed by atoms with Crippen molar-refractivity contribution >= 4 is 28.8 Å². The number of nitrogens with two attached hydrogens (primary N) is 1. The van der Waals surface area contributed by atoms with E-state index in [9.17, 15) is 9.59 Å². The summed E-state index contributed by atoms with van der Waals surface area (Å²) in [6.45, 7) is 5.54. The van der Waals surface area contributed by atoms with Crippen LogP contribution in [0.2, 0.25) is 0 Å². The summed E-state index contributed by atoms with van der Waals surface area (Å²) >= 11 is 0. The molecular formula is C24H26N6O3. The van der Waals surface area contributed by atoms with Crippen LogP contribution in [0.1, 0.15) is 42.6 Å². The highest BCUT2D eigenvalue weighted by Gasteiger charge is 2.61. The van der Waals surface area contributed by atoms with Gasteiger partial charge in [0.15, 0.2) is 5.65 Å². The highest BCUT2D eigenvalue weighted by atomic mass is 16.5. The summed E-state index contributed by atoms with van der Waals surface area (Å²) < 4.78 is 7.75. The molecule has 6 rings (SSSR count). The highest BCUT2D eigenvalue weighted by Crippen LogP contribution is 2.58. The number of hydrogen-bond acceptors (Lipinski definition) is 6. The molecule has 3 aliphatic rings. The molecule has 170 valence electrons. The minimum atomic E-state index is -0.349. The molecule has 9 nitrogen and oxygen atoms in total. The van der Waals surface area contributed by atoms with Crippen molar-refractivity contribution in [2.45, 2.75) is 38.7 Å². The number of hydrogen-bond donors (Lipinski definition) is 2. The Morgan fingerprint density at radius 2 is 2.15 bits per heavy atom. The average Bonchev–Trinajstić information content (AvgIpc) is 3.23. The summed E-state index contributed by atoms with van der Waals surface area (Å²) in [4.78, 5) is 31.7. The number of piperidine rings is 1. The predicted molar refractivity (Wildman–Crippen MR) is 122 cm³/mol. The number of amides is 2. The van der Waals surface area contributed by atoms with Gasteiger partial charge in [0.1, 0.15) is 16.9 Å². The number of benzene rings is 1. The number of carbonyl (C=O) groups is 2. The standard InChI is InChI=1S/C24H26N6O3/c1-23(2)10-14-8-17(28-21(31)16-12-27-30-6-3-5-26-20(16)30)18(9-19(14)33-23)29-7-4-24(22(25)32)11-15(24)13-29/h3,5-6,8-9,12,15H,4,7,10-11,13H2,1-2H3,(H2,25,32)(H,28,31)/t15-,24?/m1/s1. The maximum atomic E-state index is 13.2. The first-order valence-corrected chi connectivity index (χ1v) is 11.3. The fourth-order valence-electron chi connectivity index (χ4n) is 5.44. The van der Waals surface area contributed by atoms with E-state index in [4.69, 9.17) is 10.5 Å². The topological polar surface area (TPSA) is 115 Å². The van der Waals surface area contributed by atoms with Crippen LogP contribution < -0.4 is 20.7 Å². The molecule has 1 saturated heterocycles. The van der Waals surface area contributed by atoms with E-state index in [0.717, 1.165) is 48.5 Å². The SMILES string of the molecule is CC1(C)Cc2cc(NC(=O)c3cnn4cccnc34)c(N3CCC4(C(N)=O)C[C@@H]4C3)cc2O1. The van der Waals surface area contributed by atoms with E-state index >= 15 is 0 Å². The summed E-state index contributed by atoms with van der Waals surface area (Å²) in [6.07, 6.45) is 7.25. The van der Waals surface area contributed by atoms with Gasteiger partial charge in [-0.25, -0.2) is 9.50 Å². The largest absolute Gasteiger partial charge is 0.487 e. The van der Waals surface area contributed by atoms with E-state index in [-0.39, 0.29) is 28.7 Å². The van der Waals surface area contributed by atoms with Gasteiger partial charge in [0.2, 0.25) is 5.91 Å². The molecule has 2 fully saturated rings. The van der Waals surface area contributed by atoms with Gasteiger partial charge in [-0.1, -0.05) is 0 Å². The third-order valence-corrected chi connectivity index (χ3v) is 7.29. The quantitative estimate of drug-likeness (QED) is 0.636. The second-order valence-corrected chi connectivity index (χ2v) is 10.0. The van der Waals surface area contributed by atoms with Gasteiger partial charge in [0.25, 0.3) is 5.91 Å². The van der Waals surface area contributed by atoms with Crippen molar-refractivity contribution in [3.8, 4) is 5.75 Å². The van der Waals surface area contributed by atoms with Gasteiger partial charge >= 0.3 is 0 Å². The first-order chi connectivity index (χ1) is 15.8. The van der Waals surface area contributed by atoms with Crippen molar-refractivity contribution in [2.24, 2.45) is 17.1 Å². The number of rotatable bonds is 4. The minimum Gasteiger partial charge on any atom is -0.487 e. The van der Waals surface area contributed by atoms with Crippen LogP contribution in [0, 0.1) is 11.3 Å². The van der Waals surface area contributed by atoms with Crippen LogP contribution in [0.3, 0.4) is 0 Å². The first-order valence-electron chi connectivity index (χ1n) is 11.3. The van der Waals surface area contributed by atoms with Crippen LogP contribution in [0.15, 0.2) is 36.8 Å². The zero-order valence-electron chi connectivity index (χ0n) is 18.7. The molecule has 2 amide bonds. The molecule has 3 aromatic rings. The van der Waals surface area contributed by atoms with Gasteiger partial charge in [0, 0.05) is 43.5 Å². The van der Waals surface area contributed by atoms with Crippen molar-refractivity contribution in [3.05, 3.63) is 47.9 Å². The third-order valence-electron chi connectivity index (χ3n) is 7.29. The number of carbonyl (C=O) groups excluding carboxylic acids is 2. The number of aromatic nitrogens is 3. The van der Waals surface area contributed by atoms with Crippen LogP contribution in [0.25, 0.3) is 5.65 Å². The van der Waals surface area contributed by atoms with E-state index in [1.807, 2.05) is 12.1 Å². The van der Waals surface area contributed by atoms with Crippen LogP contribution in [-0.2, 0) is 11.2 Å². The Kier molecular flexibility index (Phi) is 4.06. The number of primary amides is 1. The van der Waals surface area contributed by atoms with Crippen molar-refractivity contribution in [2.75, 3.05) is 23.3 Å². The number of nitrogens with one attached hydrogen (secondary N) is 1. The molecule has 9 heteroatoms. The molecule has 33 heavy (non-hydrogen) atoms. The lowest BCUT2D eigenvalue weighted by Gasteiger charge is -2.33. The molecule has 1 unspecified atom stereocenters. The summed E-state index contributed by atoms with van der Waals surface area (Å²) in [6, 6.07) is 5.80. The average molecular weight is 447 g/mol. The van der Waals surface area contributed by atoms with Crippen molar-refractivity contribution < 1.29 is 14.3 Å². The Labute approximate surface area is 190 Å². The number of nitrogens with zero attached hydrogens (tertiary/aromatic N) is 4. The van der Waals surface area contributed by atoms with Crippen LogP contribution >= 0.6 is 0 Å². The molecule has 2 aliphatic heterocycles. The molecule has 4 heterocycles. The van der Waals surface area contributed by atoms with Gasteiger partial charge in [-0.3, -0.25) is 9.59 Å².